The predicted octanol–water partition coefficient (Wildman–Crippen LogP) is 2.87. The smallest absolute Gasteiger partial charge is 0.321 e. The van der Waals surface area contributed by atoms with Crippen LogP contribution in [0.1, 0.15) is 4.88 Å². The number of amides is 3. The van der Waals surface area contributed by atoms with Gasteiger partial charge in [0.1, 0.15) is 4.83 Å². The molecule has 3 aromatic rings. The van der Waals surface area contributed by atoms with Gasteiger partial charge in [0.25, 0.3) is 5.56 Å². The van der Waals surface area contributed by atoms with E-state index in [1.165, 1.54) is 15.9 Å². The van der Waals surface area contributed by atoms with Crippen molar-refractivity contribution in [3.05, 3.63) is 56.8 Å². The fraction of sp³-hybridized carbons (Fsp3) is 0.222. The van der Waals surface area contributed by atoms with E-state index < -0.39 is 11.9 Å². The zero-order chi connectivity index (χ0) is 19.9. The first kappa shape index (κ1) is 20.3. The summed E-state index contributed by atoms with van der Waals surface area (Å²) in [5.41, 5.74) is -0.166. The molecule has 3 aromatic heterocycles. The third kappa shape index (κ3) is 5.09. The lowest BCUT2D eigenvalue weighted by Gasteiger charge is -2.10. The SMILES string of the molecule is C=CCn1c(SCC(=O)NC(=O)NCCc2cccs2)nc2sccc2c1=O. The summed E-state index contributed by atoms with van der Waals surface area (Å²) in [7, 11) is 0. The minimum atomic E-state index is -0.535. The van der Waals surface area contributed by atoms with Crippen LogP contribution in [0.3, 0.4) is 0 Å². The first-order valence-electron chi connectivity index (χ1n) is 8.40. The Bertz CT molecular complexity index is 1040. The maximum Gasteiger partial charge on any atom is 0.321 e. The largest absolute Gasteiger partial charge is 0.337 e. The van der Waals surface area contributed by atoms with Crippen LogP contribution in [0.2, 0.25) is 0 Å². The van der Waals surface area contributed by atoms with E-state index in [0.717, 1.165) is 16.6 Å². The van der Waals surface area contributed by atoms with Crippen LogP contribution in [0.4, 0.5) is 4.79 Å². The van der Waals surface area contributed by atoms with Crippen molar-refractivity contribution in [2.24, 2.45) is 0 Å². The summed E-state index contributed by atoms with van der Waals surface area (Å²) in [6.45, 7) is 4.40. The van der Waals surface area contributed by atoms with E-state index in [9.17, 15) is 14.4 Å². The number of carbonyl (C=O) groups is 2. The molecule has 28 heavy (non-hydrogen) atoms. The lowest BCUT2D eigenvalue weighted by molar-refractivity contribution is -0.117. The first-order chi connectivity index (χ1) is 13.6. The Morgan fingerprint density at radius 3 is 2.89 bits per heavy atom. The van der Waals surface area contributed by atoms with E-state index in [4.69, 9.17) is 0 Å². The summed E-state index contributed by atoms with van der Waals surface area (Å²) in [5, 5.41) is 9.70. The number of thioether (sulfide) groups is 1. The number of carbonyl (C=O) groups excluding carboxylic acids is 2. The van der Waals surface area contributed by atoms with Gasteiger partial charge in [0, 0.05) is 18.0 Å². The molecule has 146 valence electrons. The van der Waals surface area contributed by atoms with Gasteiger partial charge in [0.2, 0.25) is 5.91 Å². The van der Waals surface area contributed by atoms with Crippen LogP contribution in [0.25, 0.3) is 10.2 Å². The molecule has 0 atom stereocenters. The zero-order valence-corrected chi connectivity index (χ0v) is 17.3. The second-order valence-corrected chi connectivity index (χ2v) is 8.53. The molecule has 0 saturated carbocycles. The van der Waals surface area contributed by atoms with E-state index >= 15 is 0 Å². The summed E-state index contributed by atoms with van der Waals surface area (Å²) >= 11 is 4.10. The molecule has 10 heteroatoms. The minimum Gasteiger partial charge on any atom is -0.337 e. The van der Waals surface area contributed by atoms with Crippen LogP contribution in [0, 0.1) is 0 Å². The molecule has 3 amide bonds. The standard InChI is InChI=1S/C18H18N4O3S3/c1-2-8-22-16(24)13-6-10-27-15(13)21-18(22)28-11-14(23)20-17(25)19-7-5-12-4-3-9-26-12/h2-4,6,9-10H,1,5,7-8,11H2,(H2,19,20,23,25). The Kier molecular flexibility index (Phi) is 7.01. The highest BCUT2D eigenvalue weighted by atomic mass is 32.2. The van der Waals surface area contributed by atoms with E-state index in [2.05, 4.69) is 22.2 Å². The number of nitrogens with zero attached hydrogens (tertiary/aromatic N) is 2. The number of hydrogen-bond acceptors (Lipinski definition) is 7. The van der Waals surface area contributed by atoms with Crippen LogP contribution in [0.15, 0.2) is 51.6 Å². The van der Waals surface area contributed by atoms with Gasteiger partial charge < -0.3 is 5.32 Å². The molecule has 0 radical (unpaired) electrons. The number of rotatable bonds is 8. The van der Waals surface area contributed by atoms with Gasteiger partial charge in [-0.15, -0.1) is 29.3 Å². The number of urea groups is 1. The van der Waals surface area contributed by atoms with E-state index in [1.807, 2.05) is 17.5 Å². The number of hydrogen-bond donors (Lipinski definition) is 2. The molecular weight excluding hydrogens is 416 g/mol. The Morgan fingerprint density at radius 2 is 2.14 bits per heavy atom. The van der Waals surface area contributed by atoms with Crippen molar-refractivity contribution in [2.75, 3.05) is 12.3 Å². The van der Waals surface area contributed by atoms with Gasteiger partial charge in [-0.3, -0.25) is 19.5 Å². The maximum atomic E-state index is 12.5. The van der Waals surface area contributed by atoms with Crippen molar-refractivity contribution in [3.63, 3.8) is 0 Å². The Morgan fingerprint density at radius 1 is 1.29 bits per heavy atom. The molecule has 0 fully saturated rings. The fourth-order valence-electron chi connectivity index (χ4n) is 2.42. The number of imide groups is 1. The second kappa shape index (κ2) is 9.67. The van der Waals surface area contributed by atoms with E-state index in [1.54, 1.807) is 28.9 Å². The summed E-state index contributed by atoms with van der Waals surface area (Å²) in [5.74, 6) is -0.483. The molecule has 0 unspecified atom stereocenters. The van der Waals surface area contributed by atoms with Crippen LogP contribution in [0.5, 0.6) is 0 Å². The van der Waals surface area contributed by atoms with Gasteiger partial charge in [-0.1, -0.05) is 23.9 Å². The summed E-state index contributed by atoms with van der Waals surface area (Å²) in [4.78, 5) is 42.7. The topological polar surface area (TPSA) is 93.1 Å². The maximum absolute atomic E-state index is 12.5. The number of allylic oxidation sites excluding steroid dienone is 1. The van der Waals surface area contributed by atoms with Gasteiger partial charge in [0.05, 0.1) is 11.1 Å². The normalized spacial score (nSPS) is 10.7. The van der Waals surface area contributed by atoms with Gasteiger partial charge in [-0.2, -0.15) is 0 Å². The minimum absolute atomic E-state index is 0.0290. The molecule has 7 nitrogen and oxygen atoms in total. The van der Waals surface area contributed by atoms with Crippen molar-refractivity contribution < 1.29 is 9.59 Å². The van der Waals surface area contributed by atoms with Crippen LogP contribution < -0.4 is 16.2 Å². The number of fused-ring (bicyclic) bond motifs is 1. The third-order valence-corrected chi connectivity index (χ3v) is 6.40. The summed E-state index contributed by atoms with van der Waals surface area (Å²) in [6, 6.07) is 5.14. The highest BCUT2D eigenvalue weighted by Crippen LogP contribution is 2.21. The summed E-state index contributed by atoms with van der Waals surface area (Å²) < 4.78 is 1.47. The monoisotopic (exact) mass is 434 g/mol. The number of nitrogens with one attached hydrogen (secondary N) is 2. The third-order valence-electron chi connectivity index (χ3n) is 3.68. The van der Waals surface area contributed by atoms with Gasteiger partial charge >= 0.3 is 6.03 Å². The molecular formula is C18H18N4O3S3. The van der Waals surface area contributed by atoms with E-state index in [-0.39, 0.29) is 11.3 Å². The van der Waals surface area contributed by atoms with Crippen molar-refractivity contribution >= 4 is 56.6 Å². The molecule has 0 spiro atoms. The molecule has 0 aliphatic carbocycles. The molecule has 0 bridgehead atoms. The number of aromatic nitrogens is 2. The predicted molar refractivity (Wildman–Crippen MR) is 114 cm³/mol. The first-order valence-corrected chi connectivity index (χ1v) is 11.1. The summed E-state index contributed by atoms with van der Waals surface area (Å²) in [6.07, 6.45) is 2.32. The molecule has 2 N–H and O–H groups in total. The highest BCUT2D eigenvalue weighted by molar-refractivity contribution is 7.99. The molecule has 0 aliphatic rings. The van der Waals surface area contributed by atoms with Gasteiger partial charge in [-0.25, -0.2) is 9.78 Å². The Hall–Kier alpha value is -2.43. The highest BCUT2D eigenvalue weighted by Gasteiger charge is 2.14. The van der Waals surface area contributed by atoms with Crippen LogP contribution in [-0.2, 0) is 17.8 Å². The average Bonchev–Trinajstić information content (AvgIpc) is 3.34. The van der Waals surface area contributed by atoms with Gasteiger partial charge in [-0.05, 0) is 29.3 Å². The molecule has 0 aliphatic heterocycles. The molecule has 3 rings (SSSR count). The van der Waals surface area contributed by atoms with Crippen molar-refractivity contribution in [1.82, 2.24) is 20.2 Å². The molecule has 0 aromatic carbocycles. The van der Waals surface area contributed by atoms with Crippen LogP contribution >= 0.6 is 34.4 Å². The zero-order valence-electron chi connectivity index (χ0n) is 14.8. The lowest BCUT2D eigenvalue weighted by atomic mass is 10.3. The Labute approximate surface area is 173 Å². The average molecular weight is 435 g/mol. The second-order valence-electron chi connectivity index (χ2n) is 5.66. The lowest BCUT2D eigenvalue weighted by Crippen LogP contribution is -2.41. The number of thiophene rings is 2. The van der Waals surface area contributed by atoms with Crippen molar-refractivity contribution in [3.8, 4) is 0 Å². The fourth-order valence-corrected chi connectivity index (χ4v) is 4.74. The van der Waals surface area contributed by atoms with E-state index in [0.29, 0.717) is 34.9 Å². The quantitative estimate of drug-likeness (QED) is 0.323. The van der Waals surface area contributed by atoms with Crippen LogP contribution in [-0.4, -0.2) is 33.8 Å². The Balaban J connectivity index is 1.55. The molecule has 3 heterocycles. The van der Waals surface area contributed by atoms with Gasteiger partial charge in [0.15, 0.2) is 5.16 Å². The molecule has 0 saturated heterocycles. The van der Waals surface area contributed by atoms with Crippen molar-refractivity contribution in [1.29, 1.82) is 0 Å². The van der Waals surface area contributed by atoms with Crippen molar-refractivity contribution in [2.45, 2.75) is 18.1 Å².